The molecule has 5 heteroatoms. The molecule has 0 aliphatic carbocycles. The van der Waals surface area contributed by atoms with Crippen LogP contribution in [0.4, 0.5) is 0 Å². The number of halogens is 2. The van der Waals surface area contributed by atoms with Crippen molar-refractivity contribution < 1.29 is 5.11 Å². The van der Waals surface area contributed by atoms with Crippen LogP contribution in [0.3, 0.4) is 0 Å². The summed E-state index contributed by atoms with van der Waals surface area (Å²) in [5.74, 6) is 0. The minimum absolute atomic E-state index is 0.243. The maximum absolute atomic E-state index is 8.99. The molecule has 3 nitrogen and oxygen atoms in total. The van der Waals surface area contributed by atoms with Crippen LogP contribution in [0.25, 0.3) is 0 Å². The van der Waals surface area contributed by atoms with Crippen molar-refractivity contribution in [2.24, 2.45) is 0 Å². The van der Waals surface area contributed by atoms with Gasteiger partial charge >= 0.3 is 0 Å². The van der Waals surface area contributed by atoms with Crippen LogP contribution in [-0.2, 0) is 6.54 Å². The summed E-state index contributed by atoms with van der Waals surface area (Å²) in [6.45, 7) is 6.12. The molecule has 1 heterocycles. The summed E-state index contributed by atoms with van der Waals surface area (Å²) in [4.78, 5) is 4.74. The number of nitrogens with zero attached hydrogens (tertiary/aromatic N) is 2. The average molecular weight is 303 g/mol. The lowest BCUT2D eigenvalue weighted by Gasteiger charge is -2.21. The number of β-amino-alcohol motifs (C(OH)–C–C–N with tert-alkyl or cyclic N) is 1. The Hall–Kier alpha value is -0.320. The lowest BCUT2D eigenvalue weighted by atomic mass is 10.2. The predicted molar refractivity (Wildman–Crippen MR) is 79.9 cm³/mol. The first-order valence-electron chi connectivity index (χ1n) is 6.68. The van der Waals surface area contributed by atoms with Gasteiger partial charge in [-0.3, -0.25) is 9.80 Å². The Kier molecular flexibility index (Phi) is 5.92. The summed E-state index contributed by atoms with van der Waals surface area (Å²) in [7, 11) is 0. The number of rotatable bonds is 4. The summed E-state index contributed by atoms with van der Waals surface area (Å²) < 4.78 is 0. The fraction of sp³-hybridized carbons (Fsp3) is 0.571. The van der Waals surface area contributed by atoms with Crippen LogP contribution in [0, 0.1) is 0 Å². The lowest BCUT2D eigenvalue weighted by Crippen LogP contribution is -2.32. The van der Waals surface area contributed by atoms with Gasteiger partial charge in [0, 0.05) is 26.2 Å². The number of aliphatic hydroxyl groups excluding tert-OH is 1. The van der Waals surface area contributed by atoms with E-state index in [1.54, 1.807) is 0 Å². The Morgan fingerprint density at radius 3 is 2.47 bits per heavy atom. The lowest BCUT2D eigenvalue weighted by molar-refractivity contribution is 0.196. The van der Waals surface area contributed by atoms with E-state index in [-0.39, 0.29) is 6.61 Å². The van der Waals surface area contributed by atoms with Gasteiger partial charge in [-0.2, -0.15) is 0 Å². The first-order valence-corrected chi connectivity index (χ1v) is 7.44. The van der Waals surface area contributed by atoms with E-state index in [4.69, 9.17) is 28.3 Å². The van der Waals surface area contributed by atoms with Gasteiger partial charge < -0.3 is 5.11 Å². The maximum atomic E-state index is 8.99. The largest absolute Gasteiger partial charge is 0.395 e. The van der Waals surface area contributed by atoms with Crippen molar-refractivity contribution in [3.63, 3.8) is 0 Å². The molecule has 0 aromatic heterocycles. The zero-order valence-corrected chi connectivity index (χ0v) is 12.5. The van der Waals surface area contributed by atoms with Crippen LogP contribution in [0.15, 0.2) is 18.2 Å². The maximum Gasteiger partial charge on any atom is 0.0595 e. The van der Waals surface area contributed by atoms with Crippen molar-refractivity contribution in [2.75, 3.05) is 39.3 Å². The van der Waals surface area contributed by atoms with E-state index >= 15 is 0 Å². The number of benzene rings is 1. The predicted octanol–water partition coefficient (Wildman–Crippen LogP) is 2.49. The second-order valence-electron chi connectivity index (χ2n) is 4.94. The first kappa shape index (κ1) is 15.1. The third kappa shape index (κ3) is 4.62. The van der Waals surface area contributed by atoms with Crippen molar-refractivity contribution in [1.82, 2.24) is 9.80 Å². The van der Waals surface area contributed by atoms with Gasteiger partial charge in [-0.05, 0) is 37.2 Å². The molecule has 1 aliphatic heterocycles. The molecule has 1 aromatic rings. The highest BCUT2D eigenvalue weighted by molar-refractivity contribution is 6.42. The van der Waals surface area contributed by atoms with Crippen LogP contribution in [0.2, 0.25) is 10.0 Å². The monoisotopic (exact) mass is 302 g/mol. The molecule has 1 fully saturated rings. The summed E-state index contributed by atoms with van der Waals surface area (Å²) in [6, 6.07) is 5.83. The van der Waals surface area contributed by atoms with Gasteiger partial charge in [0.25, 0.3) is 0 Å². The zero-order valence-electron chi connectivity index (χ0n) is 11.0. The Labute approximate surface area is 124 Å². The molecule has 0 radical (unpaired) electrons. The zero-order chi connectivity index (χ0) is 13.7. The van der Waals surface area contributed by atoms with Crippen molar-refractivity contribution in [3.05, 3.63) is 33.8 Å². The van der Waals surface area contributed by atoms with Gasteiger partial charge in [0.1, 0.15) is 0 Å². The van der Waals surface area contributed by atoms with Crippen LogP contribution in [-0.4, -0.2) is 54.2 Å². The average Bonchev–Trinajstić information content (AvgIpc) is 2.60. The van der Waals surface area contributed by atoms with Crippen LogP contribution >= 0.6 is 23.2 Å². The Morgan fingerprint density at radius 1 is 1.00 bits per heavy atom. The fourth-order valence-corrected chi connectivity index (χ4v) is 2.76. The molecule has 0 unspecified atom stereocenters. The second kappa shape index (κ2) is 7.46. The molecule has 1 N–H and O–H groups in total. The normalized spacial score (nSPS) is 18.5. The molecule has 1 saturated heterocycles. The van der Waals surface area contributed by atoms with Crippen molar-refractivity contribution in [2.45, 2.75) is 13.0 Å². The molecule has 2 rings (SSSR count). The van der Waals surface area contributed by atoms with E-state index < -0.39 is 0 Å². The number of hydrogen-bond acceptors (Lipinski definition) is 3. The van der Waals surface area contributed by atoms with Gasteiger partial charge in [-0.25, -0.2) is 0 Å². The molecule has 1 aromatic carbocycles. The van der Waals surface area contributed by atoms with E-state index in [9.17, 15) is 0 Å². The molecular weight excluding hydrogens is 283 g/mol. The molecule has 19 heavy (non-hydrogen) atoms. The molecule has 0 bridgehead atoms. The minimum atomic E-state index is 0.243. The van der Waals surface area contributed by atoms with Gasteiger partial charge in [-0.15, -0.1) is 0 Å². The van der Waals surface area contributed by atoms with Crippen molar-refractivity contribution >= 4 is 23.2 Å². The van der Waals surface area contributed by atoms with E-state index in [0.29, 0.717) is 10.0 Å². The van der Waals surface area contributed by atoms with Crippen LogP contribution in [0.5, 0.6) is 0 Å². The topological polar surface area (TPSA) is 26.7 Å². The molecule has 0 spiro atoms. The van der Waals surface area contributed by atoms with Gasteiger partial charge in [0.2, 0.25) is 0 Å². The molecule has 0 saturated carbocycles. The number of aliphatic hydroxyl groups is 1. The van der Waals surface area contributed by atoms with Crippen molar-refractivity contribution in [3.8, 4) is 0 Å². The van der Waals surface area contributed by atoms with Gasteiger partial charge in [0.05, 0.1) is 16.7 Å². The summed E-state index contributed by atoms with van der Waals surface area (Å²) in [5.41, 5.74) is 1.20. The van der Waals surface area contributed by atoms with E-state index in [0.717, 1.165) is 45.7 Å². The molecule has 106 valence electrons. The van der Waals surface area contributed by atoms with Gasteiger partial charge in [0.15, 0.2) is 0 Å². The Morgan fingerprint density at radius 2 is 1.74 bits per heavy atom. The second-order valence-corrected chi connectivity index (χ2v) is 5.76. The van der Waals surface area contributed by atoms with E-state index in [1.165, 1.54) is 5.56 Å². The van der Waals surface area contributed by atoms with Crippen molar-refractivity contribution in [1.29, 1.82) is 0 Å². The van der Waals surface area contributed by atoms with Crippen LogP contribution in [0.1, 0.15) is 12.0 Å². The summed E-state index contributed by atoms with van der Waals surface area (Å²) in [5, 5.41) is 10.2. The molecule has 1 aliphatic rings. The first-order chi connectivity index (χ1) is 9.19. The molecule has 0 atom stereocenters. The SMILES string of the molecule is OCCN1CCCN(Cc2ccc(Cl)c(Cl)c2)CC1. The highest BCUT2D eigenvalue weighted by Gasteiger charge is 2.14. The Balaban J connectivity index is 1.90. The van der Waals surface area contributed by atoms with E-state index in [2.05, 4.69) is 9.80 Å². The molecular formula is C14H20Cl2N2O. The summed E-state index contributed by atoms with van der Waals surface area (Å²) in [6.07, 6.45) is 1.14. The standard InChI is InChI=1S/C14H20Cl2N2O/c15-13-3-2-12(10-14(13)16)11-18-5-1-4-17(6-7-18)8-9-19/h2-3,10,19H,1,4-9,11H2. The fourth-order valence-electron chi connectivity index (χ4n) is 2.44. The van der Waals surface area contributed by atoms with Gasteiger partial charge in [-0.1, -0.05) is 29.3 Å². The van der Waals surface area contributed by atoms with E-state index in [1.807, 2.05) is 18.2 Å². The highest BCUT2D eigenvalue weighted by atomic mass is 35.5. The Bertz CT molecular complexity index is 414. The number of hydrogen-bond donors (Lipinski definition) is 1. The smallest absolute Gasteiger partial charge is 0.0595 e. The highest BCUT2D eigenvalue weighted by Crippen LogP contribution is 2.23. The summed E-state index contributed by atoms with van der Waals surface area (Å²) >= 11 is 12.0. The molecule has 0 amide bonds. The van der Waals surface area contributed by atoms with Crippen LogP contribution < -0.4 is 0 Å². The third-order valence-electron chi connectivity index (χ3n) is 3.49. The minimum Gasteiger partial charge on any atom is -0.395 e. The third-order valence-corrected chi connectivity index (χ3v) is 4.23. The quantitative estimate of drug-likeness (QED) is 0.926.